The quantitative estimate of drug-likeness (QED) is 0.174. The molecule has 11 rings (SSSR count). The summed E-state index contributed by atoms with van der Waals surface area (Å²) >= 11 is 0. The lowest BCUT2D eigenvalue weighted by Crippen LogP contribution is -2.00. The molecule has 11 aromatic rings. The normalized spacial score (nSPS) is 11.8. The summed E-state index contributed by atoms with van der Waals surface area (Å²) in [6.45, 7) is 0. The first-order chi connectivity index (χ1) is 26.2. The van der Waals surface area contributed by atoms with E-state index in [1.807, 2.05) is 24.3 Å². The Morgan fingerprint density at radius 1 is 0.302 bits per heavy atom. The molecule has 0 aliphatic rings. The molecule has 0 saturated carbocycles. The molecule has 53 heavy (non-hydrogen) atoms. The maximum absolute atomic E-state index is 7.00. The second kappa shape index (κ2) is 11.7. The van der Waals surface area contributed by atoms with Gasteiger partial charge in [-0.1, -0.05) is 152 Å². The van der Waals surface area contributed by atoms with Crippen molar-refractivity contribution in [1.29, 1.82) is 0 Å². The van der Waals surface area contributed by atoms with Gasteiger partial charge in [0.25, 0.3) is 0 Å². The fraction of sp³-hybridized carbons (Fsp3) is 0. The lowest BCUT2D eigenvalue weighted by Gasteiger charge is -2.12. The van der Waals surface area contributed by atoms with Crippen molar-refractivity contribution >= 4 is 65.0 Å². The van der Waals surface area contributed by atoms with Gasteiger partial charge in [0, 0.05) is 38.2 Å². The smallest absolute Gasteiger partial charge is 0.164 e. The van der Waals surface area contributed by atoms with E-state index in [0.717, 1.165) is 76.3 Å². The van der Waals surface area contributed by atoms with Crippen molar-refractivity contribution in [3.05, 3.63) is 176 Å². The molecule has 2 heterocycles. The number of furan rings is 1. The Labute approximate surface area is 304 Å². The van der Waals surface area contributed by atoms with Gasteiger partial charge in [-0.25, -0.2) is 15.0 Å². The summed E-state index contributed by atoms with van der Waals surface area (Å²) in [6, 6.07) is 61.6. The fourth-order valence-corrected chi connectivity index (χ4v) is 7.87. The molecule has 246 valence electrons. The Morgan fingerprint density at radius 2 is 0.868 bits per heavy atom. The molecule has 4 nitrogen and oxygen atoms in total. The molecule has 0 bridgehead atoms. The Bertz CT molecular complexity index is 3220. The highest BCUT2D eigenvalue weighted by atomic mass is 16.3. The number of nitrogens with zero attached hydrogens (tertiary/aromatic N) is 3. The first kappa shape index (κ1) is 29.5. The van der Waals surface area contributed by atoms with Gasteiger partial charge in [0.15, 0.2) is 17.5 Å². The molecule has 0 saturated heterocycles. The van der Waals surface area contributed by atoms with Crippen LogP contribution < -0.4 is 0 Å². The number of fused-ring (bicyclic) bond motifs is 10. The van der Waals surface area contributed by atoms with E-state index >= 15 is 0 Å². The van der Waals surface area contributed by atoms with Crippen LogP contribution in [-0.2, 0) is 0 Å². The van der Waals surface area contributed by atoms with E-state index in [4.69, 9.17) is 19.4 Å². The lowest BCUT2D eigenvalue weighted by molar-refractivity contribution is 0.677. The Balaban J connectivity index is 1.21. The zero-order valence-electron chi connectivity index (χ0n) is 28.5. The Morgan fingerprint density at radius 3 is 1.66 bits per heavy atom. The van der Waals surface area contributed by atoms with Gasteiger partial charge in [0.2, 0.25) is 0 Å². The second-order valence-corrected chi connectivity index (χ2v) is 13.6. The molecule has 0 N–H and O–H groups in total. The number of rotatable bonds is 4. The third-order valence-electron chi connectivity index (χ3n) is 10.5. The van der Waals surface area contributed by atoms with Crippen LogP contribution >= 0.6 is 0 Å². The van der Waals surface area contributed by atoms with Crippen molar-refractivity contribution in [3.63, 3.8) is 0 Å². The van der Waals surface area contributed by atoms with Gasteiger partial charge in [-0.05, 0) is 67.7 Å². The summed E-state index contributed by atoms with van der Waals surface area (Å²) in [5.74, 6) is 1.84. The average Bonchev–Trinajstić information content (AvgIpc) is 3.63. The van der Waals surface area contributed by atoms with E-state index in [2.05, 4.69) is 152 Å². The highest BCUT2D eigenvalue weighted by molar-refractivity contribution is 6.28. The fourth-order valence-electron chi connectivity index (χ4n) is 7.87. The zero-order chi connectivity index (χ0) is 34.9. The summed E-state index contributed by atoms with van der Waals surface area (Å²) in [5, 5.41) is 11.0. The highest BCUT2D eigenvalue weighted by Gasteiger charge is 2.22. The summed E-state index contributed by atoms with van der Waals surface area (Å²) in [4.78, 5) is 15.6. The highest BCUT2D eigenvalue weighted by Crippen LogP contribution is 2.45. The van der Waals surface area contributed by atoms with E-state index in [0.29, 0.717) is 17.5 Å². The van der Waals surface area contributed by atoms with Crippen LogP contribution in [0.25, 0.3) is 110 Å². The number of hydrogen-bond acceptors (Lipinski definition) is 4. The van der Waals surface area contributed by atoms with Crippen LogP contribution in [0.4, 0.5) is 0 Å². The first-order valence-corrected chi connectivity index (χ1v) is 17.9. The van der Waals surface area contributed by atoms with Gasteiger partial charge in [0.1, 0.15) is 11.2 Å². The standard InChI is InChI=1S/C49H29N3O/c1-3-11-30(12-4-1)35-22-19-31-20-24-37(28-38(31)27-35)48-50-47(34-15-5-2-6-16-34)51-49(52-48)42-29-36-23-21-32-13-7-9-17-39(32)43(36)46-44(42)41-26-25-33-14-8-10-18-40(33)45(41)53-46/h1-29H. The second-order valence-electron chi connectivity index (χ2n) is 13.6. The van der Waals surface area contributed by atoms with Crippen LogP contribution in [0, 0.1) is 0 Å². The number of hydrogen-bond donors (Lipinski definition) is 0. The summed E-state index contributed by atoms with van der Waals surface area (Å²) in [6.07, 6.45) is 0. The molecule has 0 aliphatic carbocycles. The van der Waals surface area contributed by atoms with Gasteiger partial charge < -0.3 is 4.42 Å². The largest absolute Gasteiger partial charge is 0.455 e. The minimum absolute atomic E-state index is 0.600. The molecule has 0 fully saturated rings. The first-order valence-electron chi connectivity index (χ1n) is 17.9. The number of benzene rings is 9. The van der Waals surface area contributed by atoms with Gasteiger partial charge >= 0.3 is 0 Å². The van der Waals surface area contributed by atoms with Crippen molar-refractivity contribution in [2.24, 2.45) is 0 Å². The molecular formula is C49H29N3O. The van der Waals surface area contributed by atoms with Crippen molar-refractivity contribution in [3.8, 4) is 45.3 Å². The average molecular weight is 676 g/mol. The predicted octanol–water partition coefficient (Wildman–Crippen LogP) is 13.1. The third-order valence-corrected chi connectivity index (χ3v) is 10.5. The van der Waals surface area contributed by atoms with E-state index in [1.54, 1.807) is 0 Å². The van der Waals surface area contributed by atoms with Crippen molar-refractivity contribution in [1.82, 2.24) is 15.0 Å². The van der Waals surface area contributed by atoms with Crippen LogP contribution in [0.5, 0.6) is 0 Å². The minimum atomic E-state index is 0.600. The Hall–Kier alpha value is -7.17. The monoisotopic (exact) mass is 675 g/mol. The molecule has 4 heteroatoms. The third kappa shape index (κ3) is 4.80. The van der Waals surface area contributed by atoms with Crippen molar-refractivity contribution in [2.75, 3.05) is 0 Å². The van der Waals surface area contributed by atoms with Crippen LogP contribution in [-0.4, -0.2) is 15.0 Å². The van der Waals surface area contributed by atoms with E-state index in [1.165, 1.54) is 16.5 Å². The molecule has 2 aromatic heterocycles. The van der Waals surface area contributed by atoms with Crippen LogP contribution in [0.15, 0.2) is 180 Å². The lowest BCUT2D eigenvalue weighted by atomic mass is 9.95. The molecule has 0 radical (unpaired) electrons. The van der Waals surface area contributed by atoms with Crippen molar-refractivity contribution in [2.45, 2.75) is 0 Å². The molecule has 0 atom stereocenters. The summed E-state index contributed by atoms with van der Waals surface area (Å²) < 4.78 is 7.00. The molecular weight excluding hydrogens is 647 g/mol. The summed E-state index contributed by atoms with van der Waals surface area (Å²) in [5.41, 5.74) is 6.81. The van der Waals surface area contributed by atoms with Crippen LogP contribution in [0.1, 0.15) is 0 Å². The van der Waals surface area contributed by atoms with Gasteiger partial charge in [-0.15, -0.1) is 0 Å². The van der Waals surface area contributed by atoms with Crippen LogP contribution in [0.2, 0.25) is 0 Å². The van der Waals surface area contributed by atoms with Gasteiger partial charge in [0.05, 0.1) is 0 Å². The zero-order valence-corrected chi connectivity index (χ0v) is 28.5. The molecule has 9 aromatic carbocycles. The van der Waals surface area contributed by atoms with Crippen molar-refractivity contribution < 1.29 is 4.42 Å². The van der Waals surface area contributed by atoms with E-state index in [-0.39, 0.29) is 0 Å². The predicted molar refractivity (Wildman–Crippen MR) is 219 cm³/mol. The molecule has 0 amide bonds. The summed E-state index contributed by atoms with van der Waals surface area (Å²) in [7, 11) is 0. The molecule has 0 spiro atoms. The molecule has 0 unspecified atom stereocenters. The minimum Gasteiger partial charge on any atom is -0.455 e. The van der Waals surface area contributed by atoms with E-state index < -0.39 is 0 Å². The molecule has 0 aliphatic heterocycles. The number of aromatic nitrogens is 3. The Kier molecular flexibility index (Phi) is 6.52. The van der Waals surface area contributed by atoms with E-state index in [9.17, 15) is 0 Å². The maximum Gasteiger partial charge on any atom is 0.164 e. The SMILES string of the molecule is c1ccc(-c2ccc3ccc(-c4nc(-c5ccccc5)nc(-c5cc6ccc7ccccc7c6c6oc7c8ccccc8ccc7c56)n4)cc3c2)cc1. The van der Waals surface area contributed by atoms with Gasteiger partial charge in [-0.3, -0.25) is 0 Å². The van der Waals surface area contributed by atoms with Crippen LogP contribution in [0.3, 0.4) is 0 Å². The topological polar surface area (TPSA) is 51.8 Å². The van der Waals surface area contributed by atoms with Gasteiger partial charge in [-0.2, -0.15) is 0 Å². The maximum atomic E-state index is 7.00.